The van der Waals surface area contributed by atoms with Gasteiger partial charge in [0.15, 0.2) is 5.65 Å². The van der Waals surface area contributed by atoms with Gasteiger partial charge in [0, 0.05) is 25.2 Å². The number of piperidine rings is 1. The van der Waals surface area contributed by atoms with E-state index in [1.165, 1.54) is 12.4 Å². The number of nitrogen functional groups attached to an aromatic ring is 1. The van der Waals surface area contributed by atoms with Crippen molar-refractivity contribution >= 4 is 22.8 Å². The molecule has 0 bridgehead atoms. The first-order valence-electron chi connectivity index (χ1n) is 12.2. The molecule has 3 heterocycles. The third-order valence-electron chi connectivity index (χ3n) is 6.70. The monoisotopic (exact) mass is 519 g/mol. The molecule has 38 heavy (non-hydrogen) atoms. The Morgan fingerprint density at radius 1 is 1.26 bits per heavy atom. The number of carbonyl (C=O) groups is 1. The van der Waals surface area contributed by atoms with Crippen LogP contribution in [0.3, 0.4) is 0 Å². The highest BCUT2D eigenvalue weighted by molar-refractivity contribution is 5.98. The van der Waals surface area contributed by atoms with Crippen molar-refractivity contribution in [3.8, 4) is 11.3 Å². The molecule has 2 aromatic heterocycles. The van der Waals surface area contributed by atoms with Gasteiger partial charge < -0.3 is 16.2 Å². The van der Waals surface area contributed by atoms with Crippen molar-refractivity contribution in [2.45, 2.75) is 31.7 Å². The van der Waals surface area contributed by atoms with Crippen molar-refractivity contribution in [2.24, 2.45) is 0 Å². The first-order chi connectivity index (χ1) is 18.4. The summed E-state index contributed by atoms with van der Waals surface area (Å²) in [5.41, 5.74) is 8.55. The first kappa shape index (κ1) is 25.4. The molecule has 1 fully saturated rings. The molecular formula is C27H27F2N7O2. The molecule has 9 nitrogen and oxygen atoms in total. The molecule has 2 unspecified atom stereocenters. The van der Waals surface area contributed by atoms with Gasteiger partial charge in [0.1, 0.15) is 35.7 Å². The number of nitrogens with one attached hydrogen (secondary N) is 1. The average Bonchev–Trinajstić information content (AvgIpc) is 3.34. The number of nitrogens with zero attached hydrogens (tertiary/aromatic N) is 5. The minimum atomic E-state index is -0.799. The van der Waals surface area contributed by atoms with Crippen LogP contribution in [-0.4, -0.2) is 55.0 Å². The third kappa shape index (κ3) is 4.98. The van der Waals surface area contributed by atoms with Crippen LogP contribution in [0, 0.1) is 11.6 Å². The number of likely N-dealkylation sites (tertiary alicyclic amines) is 1. The molecule has 4 N–H and O–H groups in total. The van der Waals surface area contributed by atoms with Crippen LogP contribution in [0.25, 0.3) is 22.3 Å². The largest absolute Gasteiger partial charge is 0.383 e. The van der Waals surface area contributed by atoms with Gasteiger partial charge in [-0.3, -0.25) is 9.69 Å². The van der Waals surface area contributed by atoms with Crippen LogP contribution < -0.4 is 11.1 Å². The van der Waals surface area contributed by atoms with E-state index in [4.69, 9.17) is 10.8 Å². The summed E-state index contributed by atoms with van der Waals surface area (Å²) in [4.78, 5) is 23.0. The van der Waals surface area contributed by atoms with Gasteiger partial charge in [0.05, 0.1) is 17.0 Å². The zero-order chi connectivity index (χ0) is 26.8. The molecule has 1 aliphatic rings. The van der Waals surface area contributed by atoms with Crippen molar-refractivity contribution in [1.82, 2.24) is 30.0 Å². The predicted molar refractivity (Wildman–Crippen MR) is 139 cm³/mol. The number of hydrogen-bond donors (Lipinski definition) is 3. The van der Waals surface area contributed by atoms with Crippen LogP contribution >= 0.6 is 0 Å². The highest BCUT2D eigenvalue weighted by Crippen LogP contribution is 2.34. The molecule has 1 amide bonds. The third-order valence-corrected chi connectivity index (χ3v) is 6.70. The van der Waals surface area contributed by atoms with Gasteiger partial charge in [-0.05, 0) is 48.7 Å². The second-order valence-corrected chi connectivity index (χ2v) is 9.20. The molecule has 5 rings (SSSR count). The van der Waals surface area contributed by atoms with Crippen LogP contribution in [0.4, 0.5) is 14.6 Å². The van der Waals surface area contributed by atoms with E-state index >= 15 is 0 Å². The Labute approximate surface area is 217 Å². The Morgan fingerprint density at radius 3 is 2.92 bits per heavy atom. The maximum absolute atomic E-state index is 14.0. The molecule has 1 aliphatic heterocycles. The highest BCUT2D eigenvalue weighted by Gasteiger charge is 2.28. The fourth-order valence-corrected chi connectivity index (χ4v) is 4.80. The van der Waals surface area contributed by atoms with Gasteiger partial charge in [-0.15, -0.1) is 0 Å². The standard InChI is InChI=1S/C27H27F2N7O2/c1-2-22(37)35-10-4-7-19(14-35)36-26-23(25(30)32-15-33-26)24(34-36)17-6-3-5-16(11-17)13-31-27(38)20-12-18(28)8-9-21(20)29/h2-3,5-6,8-9,11-12,15,19,22,37H,1,4,7,10,13-14H2,(H,31,38)(H2,30,32,33). The van der Waals surface area contributed by atoms with E-state index in [1.807, 2.05) is 27.8 Å². The maximum atomic E-state index is 14.0. The van der Waals surface area contributed by atoms with Gasteiger partial charge in [0.2, 0.25) is 0 Å². The number of nitrogens with two attached hydrogens (primary N) is 1. The van der Waals surface area contributed by atoms with E-state index in [2.05, 4.69) is 21.9 Å². The zero-order valence-electron chi connectivity index (χ0n) is 20.5. The number of aromatic nitrogens is 4. The molecule has 0 aliphatic carbocycles. The second-order valence-electron chi connectivity index (χ2n) is 9.20. The Morgan fingerprint density at radius 2 is 2.11 bits per heavy atom. The molecule has 0 radical (unpaired) electrons. The molecule has 2 atom stereocenters. The van der Waals surface area contributed by atoms with E-state index in [1.54, 1.807) is 6.07 Å². The molecule has 196 valence electrons. The lowest BCUT2D eigenvalue weighted by Crippen LogP contribution is -2.42. The lowest BCUT2D eigenvalue weighted by atomic mass is 10.1. The lowest BCUT2D eigenvalue weighted by Gasteiger charge is -2.34. The normalized spacial score (nSPS) is 16.9. The summed E-state index contributed by atoms with van der Waals surface area (Å²) in [6.07, 6.45) is 3.88. The fourth-order valence-electron chi connectivity index (χ4n) is 4.80. The van der Waals surface area contributed by atoms with Gasteiger partial charge in [-0.1, -0.05) is 24.8 Å². The summed E-state index contributed by atoms with van der Waals surface area (Å²) in [5.74, 6) is -1.92. The van der Waals surface area contributed by atoms with E-state index in [9.17, 15) is 18.7 Å². The van der Waals surface area contributed by atoms with Crippen LogP contribution in [0.1, 0.15) is 34.8 Å². The zero-order valence-corrected chi connectivity index (χ0v) is 20.5. The number of fused-ring (bicyclic) bond motifs is 1. The van der Waals surface area contributed by atoms with Gasteiger partial charge in [-0.2, -0.15) is 5.10 Å². The topological polar surface area (TPSA) is 122 Å². The number of aliphatic hydroxyl groups is 1. The SMILES string of the molecule is C=CC(O)N1CCCC(n2nc(-c3cccc(CNC(=O)c4cc(F)ccc4F)c3)c3c(N)ncnc32)C1. The van der Waals surface area contributed by atoms with E-state index < -0.39 is 23.8 Å². The summed E-state index contributed by atoms with van der Waals surface area (Å²) in [5, 5.41) is 18.4. The number of halogens is 2. The van der Waals surface area contributed by atoms with Gasteiger partial charge in [0.25, 0.3) is 5.91 Å². The molecule has 0 spiro atoms. The first-order valence-corrected chi connectivity index (χ1v) is 12.2. The van der Waals surface area contributed by atoms with Crippen LogP contribution in [-0.2, 0) is 6.54 Å². The highest BCUT2D eigenvalue weighted by atomic mass is 19.1. The minimum Gasteiger partial charge on any atom is -0.383 e. The Balaban J connectivity index is 1.44. The Hall–Kier alpha value is -4.22. The van der Waals surface area contributed by atoms with Crippen molar-refractivity contribution < 1.29 is 18.7 Å². The number of amides is 1. The molecule has 11 heteroatoms. The average molecular weight is 520 g/mol. The van der Waals surface area contributed by atoms with Crippen LogP contribution in [0.5, 0.6) is 0 Å². The molecular weight excluding hydrogens is 492 g/mol. The summed E-state index contributed by atoms with van der Waals surface area (Å²) in [6.45, 7) is 5.09. The molecule has 2 aromatic carbocycles. The quantitative estimate of drug-likeness (QED) is 0.320. The number of hydrogen-bond acceptors (Lipinski definition) is 7. The van der Waals surface area contributed by atoms with Crippen molar-refractivity contribution in [2.75, 3.05) is 18.8 Å². The Kier molecular flexibility index (Phi) is 7.12. The van der Waals surface area contributed by atoms with E-state index in [0.29, 0.717) is 23.3 Å². The van der Waals surface area contributed by atoms with Crippen LogP contribution in [0.15, 0.2) is 61.4 Å². The summed E-state index contributed by atoms with van der Waals surface area (Å²) >= 11 is 0. The number of carbonyl (C=O) groups excluding carboxylic acids is 1. The second kappa shape index (κ2) is 10.6. The number of aliphatic hydroxyl groups excluding tert-OH is 1. The van der Waals surface area contributed by atoms with Crippen molar-refractivity contribution in [1.29, 1.82) is 0 Å². The fraction of sp³-hybridized carbons (Fsp3) is 0.259. The number of benzene rings is 2. The van der Waals surface area contributed by atoms with Crippen molar-refractivity contribution in [3.05, 3.63) is 84.2 Å². The predicted octanol–water partition coefficient (Wildman–Crippen LogP) is 3.43. The minimum absolute atomic E-state index is 0.0486. The van der Waals surface area contributed by atoms with Gasteiger partial charge >= 0.3 is 0 Å². The smallest absolute Gasteiger partial charge is 0.254 e. The van der Waals surface area contributed by atoms with E-state index in [0.717, 1.165) is 48.7 Å². The van der Waals surface area contributed by atoms with E-state index in [-0.39, 0.29) is 24.0 Å². The molecule has 0 saturated carbocycles. The van der Waals surface area contributed by atoms with Crippen LogP contribution in [0.2, 0.25) is 0 Å². The molecule has 1 saturated heterocycles. The number of anilines is 1. The Bertz CT molecular complexity index is 1510. The van der Waals surface area contributed by atoms with Crippen molar-refractivity contribution in [3.63, 3.8) is 0 Å². The summed E-state index contributed by atoms with van der Waals surface area (Å²) in [7, 11) is 0. The number of rotatable bonds is 7. The summed E-state index contributed by atoms with van der Waals surface area (Å²) < 4.78 is 29.3. The van der Waals surface area contributed by atoms with Gasteiger partial charge in [-0.25, -0.2) is 23.4 Å². The summed E-state index contributed by atoms with van der Waals surface area (Å²) in [6, 6.07) is 10.0. The lowest BCUT2D eigenvalue weighted by molar-refractivity contribution is 0.0126. The molecule has 4 aromatic rings. The maximum Gasteiger partial charge on any atom is 0.254 e.